The molecule has 3 aromatic rings. The highest BCUT2D eigenvalue weighted by atomic mass is 32.2. The van der Waals surface area contributed by atoms with Gasteiger partial charge in [-0.3, -0.25) is 9.10 Å². The maximum absolute atomic E-state index is 13.1. The maximum Gasteiger partial charge on any atom is 0.264 e. The van der Waals surface area contributed by atoms with Crippen molar-refractivity contribution in [1.29, 1.82) is 0 Å². The maximum atomic E-state index is 13.1. The minimum absolute atomic E-state index is 0.180. The number of aryl methyl sites for hydroxylation is 3. The van der Waals surface area contributed by atoms with Crippen LogP contribution in [-0.2, 0) is 10.0 Å². The summed E-state index contributed by atoms with van der Waals surface area (Å²) < 4.78 is 27.4. The van der Waals surface area contributed by atoms with E-state index >= 15 is 0 Å². The van der Waals surface area contributed by atoms with E-state index < -0.39 is 10.0 Å². The van der Waals surface area contributed by atoms with E-state index in [0.29, 0.717) is 11.3 Å². The van der Waals surface area contributed by atoms with Gasteiger partial charge in [-0.2, -0.15) is 0 Å². The molecule has 31 heavy (non-hydrogen) atoms. The smallest absolute Gasteiger partial charge is 0.264 e. The van der Waals surface area contributed by atoms with E-state index in [1.165, 1.54) is 7.05 Å². The van der Waals surface area contributed by atoms with E-state index in [0.717, 1.165) is 26.6 Å². The summed E-state index contributed by atoms with van der Waals surface area (Å²) in [6.07, 6.45) is 0. The van der Waals surface area contributed by atoms with E-state index in [4.69, 9.17) is 0 Å². The van der Waals surface area contributed by atoms with E-state index in [1.807, 2.05) is 39.8 Å². The van der Waals surface area contributed by atoms with Gasteiger partial charge >= 0.3 is 0 Å². The van der Waals surface area contributed by atoms with Crippen LogP contribution in [-0.4, -0.2) is 21.4 Å². The van der Waals surface area contributed by atoms with Gasteiger partial charge in [-0.05, 0) is 63.1 Å². The van der Waals surface area contributed by atoms with Crippen LogP contribution in [0, 0.1) is 20.8 Å². The minimum Gasteiger partial charge on any atom is -0.345 e. The van der Waals surface area contributed by atoms with Gasteiger partial charge in [-0.25, -0.2) is 8.42 Å². The SMILES string of the molecule is Cc1ccc(S(=O)(=O)N(C)c2ccccc2C(=O)N[C@H](C)c2cc(C)ccc2C)cc1. The average molecular weight is 437 g/mol. The first-order valence-electron chi connectivity index (χ1n) is 10.1. The van der Waals surface area contributed by atoms with Crippen molar-refractivity contribution in [3.05, 3.63) is 94.5 Å². The van der Waals surface area contributed by atoms with E-state index in [-0.39, 0.29) is 16.8 Å². The third kappa shape index (κ3) is 4.80. The first-order chi connectivity index (χ1) is 14.6. The minimum atomic E-state index is -3.80. The summed E-state index contributed by atoms with van der Waals surface area (Å²) in [7, 11) is -2.34. The van der Waals surface area contributed by atoms with Crippen molar-refractivity contribution in [3.63, 3.8) is 0 Å². The summed E-state index contributed by atoms with van der Waals surface area (Å²) in [6, 6.07) is 19.3. The van der Waals surface area contributed by atoms with Crippen LogP contribution in [0.4, 0.5) is 5.69 Å². The Bertz CT molecular complexity index is 1200. The zero-order valence-electron chi connectivity index (χ0n) is 18.5. The Morgan fingerprint density at radius 3 is 2.19 bits per heavy atom. The van der Waals surface area contributed by atoms with Gasteiger partial charge in [0.05, 0.1) is 22.2 Å². The number of benzene rings is 3. The molecule has 0 unspecified atom stereocenters. The number of amides is 1. The Morgan fingerprint density at radius 1 is 0.903 bits per heavy atom. The Labute approximate surface area is 184 Å². The molecule has 0 aliphatic carbocycles. The van der Waals surface area contributed by atoms with Crippen molar-refractivity contribution in [3.8, 4) is 0 Å². The van der Waals surface area contributed by atoms with Crippen LogP contribution in [0.3, 0.4) is 0 Å². The van der Waals surface area contributed by atoms with E-state index in [9.17, 15) is 13.2 Å². The van der Waals surface area contributed by atoms with Crippen molar-refractivity contribution in [2.75, 3.05) is 11.4 Å². The molecule has 0 heterocycles. The lowest BCUT2D eigenvalue weighted by atomic mass is 9.99. The standard InChI is InChI=1S/C25H28N2O3S/c1-17-11-14-21(15-12-17)31(29,30)27(5)24-9-7-6-8-22(24)25(28)26-20(4)23-16-18(2)10-13-19(23)3/h6-16,20H,1-5H3,(H,26,28)/t20-/m1/s1. The lowest BCUT2D eigenvalue weighted by molar-refractivity contribution is 0.0940. The molecule has 0 saturated carbocycles. The number of sulfonamides is 1. The predicted molar refractivity (Wildman–Crippen MR) is 125 cm³/mol. The fourth-order valence-corrected chi connectivity index (χ4v) is 4.73. The van der Waals surface area contributed by atoms with Crippen LogP contribution in [0.2, 0.25) is 0 Å². The second-order valence-corrected chi connectivity index (χ2v) is 9.83. The third-order valence-corrected chi connectivity index (χ3v) is 7.20. The molecule has 0 bridgehead atoms. The van der Waals surface area contributed by atoms with E-state index in [1.54, 1.807) is 48.5 Å². The Balaban J connectivity index is 1.91. The number of anilines is 1. The van der Waals surface area contributed by atoms with Gasteiger partial charge in [0.15, 0.2) is 0 Å². The average Bonchev–Trinajstić information content (AvgIpc) is 2.75. The first kappa shape index (κ1) is 22.6. The number of carbonyl (C=O) groups excluding carboxylic acids is 1. The third-order valence-electron chi connectivity index (χ3n) is 5.42. The van der Waals surface area contributed by atoms with Crippen molar-refractivity contribution >= 4 is 21.6 Å². The number of nitrogens with zero attached hydrogens (tertiary/aromatic N) is 1. The van der Waals surface area contributed by atoms with Crippen LogP contribution in [0.15, 0.2) is 71.6 Å². The second-order valence-electron chi connectivity index (χ2n) is 7.86. The van der Waals surface area contributed by atoms with Crippen molar-refractivity contribution in [2.24, 2.45) is 0 Å². The summed E-state index contributed by atoms with van der Waals surface area (Å²) in [5, 5.41) is 3.01. The van der Waals surface area contributed by atoms with Gasteiger partial charge in [-0.1, -0.05) is 53.6 Å². The number of nitrogens with one attached hydrogen (secondary N) is 1. The Morgan fingerprint density at radius 2 is 1.52 bits per heavy atom. The van der Waals surface area contributed by atoms with E-state index in [2.05, 4.69) is 11.4 Å². The number of carbonyl (C=O) groups is 1. The summed E-state index contributed by atoms with van der Waals surface area (Å²) in [5.41, 5.74) is 4.84. The highest BCUT2D eigenvalue weighted by Gasteiger charge is 2.25. The van der Waals surface area contributed by atoms with Crippen molar-refractivity contribution in [2.45, 2.75) is 38.6 Å². The molecule has 1 amide bonds. The van der Waals surface area contributed by atoms with Crippen LogP contribution < -0.4 is 9.62 Å². The molecule has 0 fully saturated rings. The highest BCUT2D eigenvalue weighted by Crippen LogP contribution is 2.27. The highest BCUT2D eigenvalue weighted by molar-refractivity contribution is 7.92. The van der Waals surface area contributed by atoms with Gasteiger partial charge < -0.3 is 5.32 Å². The Kier molecular flexibility index (Phi) is 6.51. The molecule has 6 heteroatoms. The number of hydrogen-bond donors (Lipinski definition) is 1. The monoisotopic (exact) mass is 436 g/mol. The molecule has 0 aliphatic rings. The molecule has 162 valence electrons. The lowest BCUT2D eigenvalue weighted by Gasteiger charge is -2.23. The van der Waals surface area contributed by atoms with Crippen LogP contribution in [0.5, 0.6) is 0 Å². The van der Waals surface area contributed by atoms with Crippen molar-refractivity contribution < 1.29 is 13.2 Å². The Hall–Kier alpha value is -3.12. The van der Waals surface area contributed by atoms with Gasteiger partial charge in [0.1, 0.15) is 0 Å². The van der Waals surface area contributed by atoms with Crippen LogP contribution in [0.1, 0.15) is 45.6 Å². The fourth-order valence-electron chi connectivity index (χ4n) is 3.52. The number of hydrogen-bond acceptors (Lipinski definition) is 3. The molecule has 3 rings (SSSR count). The largest absolute Gasteiger partial charge is 0.345 e. The molecule has 3 aromatic carbocycles. The molecule has 0 radical (unpaired) electrons. The molecular formula is C25H28N2O3S. The molecular weight excluding hydrogens is 408 g/mol. The first-order valence-corrected chi connectivity index (χ1v) is 11.6. The zero-order chi connectivity index (χ0) is 22.8. The summed E-state index contributed by atoms with van der Waals surface area (Å²) in [4.78, 5) is 13.3. The summed E-state index contributed by atoms with van der Waals surface area (Å²) in [6.45, 7) is 7.84. The predicted octanol–water partition coefficient (Wildman–Crippen LogP) is 4.93. The lowest BCUT2D eigenvalue weighted by Crippen LogP contribution is -2.32. The quantitative estimate of drug-likeness (QED) is 0.596. The molecule has 1 atom stereocenters. The number of para-hydroxylation sites is 1. The number of rotatable bonds is 6. The van der Waals surface area contributed by atoms with Gasteiger partial charge in [0.25, 0.3) is 15.9 Å². The fraction of sp³-hybridized carbons (Fsp3) is 0.240. The molecule has 5 nitrogen and oxygen atoms in total. The molecule has 0 aliphatic heterocycles. The molecule has 0 saturated heterocycles. The van der Waals surface area contributed by atoms with Gasteiger partial charge in [-0.15, -0.1) is 0 Å². The zero-order valence-corrected chi connectivity index (χ0v) is 19.3. The molecule has 0 aromatic heterocycles. The van der Waals surface area contributed by atoms with Gasteiger partial charge in [0, 0.05) is 7.05 Å². The van der Waals surface area contributed by atoms with Crippen LogP contribution >= 0.6 is 0 Å². The summed E-state index contributed by atoms with van der Waals surface area (Å²) in [5.74, 6) is -0.324. The van der Waals surface area contributed by atoms with Crippen molar-refractivity contribution in [1.82, 2.24) is 5.32 Å². The molecule has 1 N–H and O–H groups in total. The molecule has 0 spiro atoms. The summed E-state index contributed by atoms with van der Waals surface area (Å²) >= 11 is 0. The van der Waals surface area contributed by atoms with Crippen LogP contribution in [0.25, 0.3) is 0 Å². The second kappa shape index (κ2) is 8.94. The normalized spacial score (nSPS) is 12.3. The topological polar surface area (TPSA) is 66.5 Å². The van der Waals surface area contributed by atoms with Gasteiger partial charge in [0.2, 0.25) is 0 Å².